The van der Waals surface area contributed by atoms with E-state index in [-0.39, 0.29) is 12.0 Å². The van der Waals surface area contributed by atoms with Gasteiger partial charge in [0.2, 0.25) is 0 Å². The van der Waals surface area contributed by atoms with E-state index in [0.717, 1.165) is 52.9 Å². The van der Waals surface area contributed by atoms with Crippen molar-refractivity contribution in [2.75, 3.05) is 25.6 Å². The zero-order chi connectivity index (χ0) is 20.9. The number of anilines is 1. The number of aromatic nitrogens is 1. The van der Waals surface area contributed by atoms with Crippen molar-refractivity contribution in [3.8, 4) is 5.75 Å². The molecule has 2 N–H and O–H groups in total. The standard InChI is InChI=1S/C24H27N3O3/c1-16-13-25-23-20(9-4-10-21(23)29-2)22(16)26-14-17-6-3-7-18(12-17)24(28)27-15-19-8-5-11-30-19/h3-4,6-7,9-10,12-13,19H,5,8,11,14-15H2,1-2H3,(H,25,26)(H,27,28). The first-order valence-electron chi connectivity index (χ1n) is 10.3. The number of carbonyl (C=O) groups is 1. The van der Waals surface area contributed by atoms with Crippen LogP contribution < -0.4 is 15.4 Å². The molecule has 0 bridgehead atoms. The molecule has 1 amide bonds. The number of amides is 1. The second kappa shape index (κ2) is 9.13. The molecule has 2 aromatic carbocycles. The Morgan fingerprint density at radius 1 is 1.27 bits per heavy atom. The zero-order valence-electron chi connectivity index (χ0n) is 17.4. The fraction of sp³-hybridized carbons (Fsp3) is 0.333. The maximum atomic E-state index is 12.5. The van der Waals surface area contributed by atoms with E-state index in [1.807, 2.05) is 55.6 Å². The average molecular weight is 405 g/mol. The highest BCUT2D eigenvalue weighted by atomic mass is 16.5. The van der Waals surface area contributed by atoms with E-state index >= 15 is 0 Å². The van der Waals surface area contributed by atoms with Gasteiger partial charge >= 0.3 is 0 Å². The number of methoxy groups -OCH3 is 1. The van der Waals surface area contributed by atoms with Gasteiger partial charge in [0.25, 0.3) is 5.91 Å². The van der Waals surface area contributed by atoms with Crippen molar-refractivity contribution in [2.45, 2.75) is 32.4 Å². The Morgan fingerprint density at radius 2 is 2.13 bits per heavy atom. The average Bonchev–Trinajstić information content (AvgIpc) is 3.30. The molecule has 0 radical (unpaired) electrons. The smallest absolute Gasteiger partial charge is 0.251 e. The van der Waals surface area contributed by atoms with Crippen molar-refractivity contribution in [1.82, 2.24) is 10.3 Å². The molecule has 30 heavy (non-hydrogen) atoms. The lowest BCUT2D eigenvalue weighted by molar-refractivity contribution is 0.0857. The fourth-order valence-corrected chi connectivity index (χ4v) is 3.82. The summed E-state index contributed by atoms with van der Waals surface area (Å²) in [5.74, 6) is 0.683. The predicted octanol–water partition coefficient (Wildman–Crippen LogP) is 4.07. The molecule has 1 fully saturated rings. The van der Waals surface area contributed by atoms with Crippen molar-refractivity contribution in [2.24, 2.45) is 0 Å². The maximum Gasteiger partial charge on any atom is 0.251 e. The second-order valence-electron chi connectivity index (χ2n) is 7.57. The van der Waals surface area contributed by atoms with Crippen LogP contribution in [0.1, 0.15) is 34.3 Å². The first-order valence-corrected chi connectivity index (χ1v) is 10.3. The molecule has 156 valence electrons. The number of rotatable bonds is 7. The van der Waals surface area contributed by atoms with E-state index in [2.05, 4.69) is 15.6 Å². The molecule has 0 saturated carbocycles. The lowest BCUT2D eigenvalue weighted by atomic mass is 10.1. The topological polar surface area (TPSA) is 72.5 Å². The normalized spacial score (nSPS) is 15.9. The minimum atomic E-state index is -0.0670. The summed E-state index contributed by atoms with van der Waals surface area (Å²) in [6, 6.07) is 13.6. The third-order valence-corrected chi connectivity index (χ3v) is 5.44. The van der Waals surface area contributed by atoms with Crippen molar-refractivity contribution in [3.63, 3.8) is 0 Å². The molecule has 0 aliphatic carbocycles. The molecule has 1 atom stereocenters. The van der Waals surface area contributed by atoms with Crippen LogP contribution in [0, 0.1) is 6.92 Å². The number of para-hydroxylation sites is 1. The van der Waals surface area contributed by atoms with Gasteiger partial charge in [0.15, 0.2) is 0 Å². The summed E-state index contributed by atoms with van der Waals surface area (Å²) in [4.78, 5) is 17.0. The molecular weight excluding hydrogens is 378 g/mol. The summed E-state index contributed by atoms with van der Waals surface area (Å²) in [5, 5.41) is 7.51. The Labute approximate surface area is 176 Å². The van der Waals surface area contributed by atoms with Crippen molar-refractivity contribution in [3.05, 3.63) is 65.4 Å². The van der Waals surface area contributed by atoms with Gasteiger partial charge in [-0.2, -0.15) is 0 Å². The maximum absolute atomic E-state index is 12.5. The molecule has 1 aromatic heterocycles. The van der Waals surface area contributed by atoms with Crippen LogP contribution in [0.4, 0.5) is 5.69 Å². The molecule has 1 aliphatic heterocycles. The Balaban J connectivity index is 1.47. The van der Waals surface area contributed by atoms with E-state index in [4.69, 9.17) is 9.47 Å². The zero-order valence-corrected chi connectivity index (χ0v) is 17.4. The van der Waals surface area contributed by atoms with Gasteiger partial charge in [0.1, 0.15) is 11.3 Å². The number of hydrogen-bond donors (Lipinski definition) is 2. The van der Waals surface area contributed by atoms with E-state index in [0.29, 0.717) is 18.7 Å². The number of pyridine rings is 1. The minimum Gasteiger partial charge on any atom is -0.494 e. The predicted molar refractivity (Wildman–Crippen MR) is 118 cm³/mol. The summed E-state index contributed by atoms with van der Waals surface area (Å²) in [7, 11) is 1.65. The van der Waals surface area contributed by atoms with E-state index in [1.54, 1.807) is 7.11 Å². The van der Waals surface area contributed by atoms with E-state index in [1.165, 1.54) is 0 Å². The molecule has 3 aromatic rings. The summed E-state index contributed by atoms with van der Waals surface area (Å²) in [5.41, 5.74) is 4.60. The van der Waals surface area contributed by atoms with Crippen molar-refractivity contribution >= 4 is 22.5 Å². The van der Waals surface area contributed by atoms with Crippen molar-refractivity contribution < 1.29 is 14.3 Å². The molecule has 1 unspecified atom stereocenters. The Kier molecular flexibility index (Phi) is 6.14. The molecular formula is C24H27N3O3. The van der Waals surface area contributed by atoms with Crippen LogP contribution in [-0.2, 0) is 11.3 Å². The second-order valence-corrected chi connectivity index (χ2v) is 7.57. The first-order chi connectivity index (χ1) is 14.7. The van der Waals surface area contributed by atoms with Gasteiger partial charge in [0, 0.05) is 42.5 Å². The fourth-order valence-electron chi connectivity index (χ4n) is 3.82. The highest BCUT2D eigenvalue weighted by Gasteiger charge is 2.17. The number of hydrogen-bond acceptors (Lipinski definition) is 5. The van der Waals surface area contributed by atoms with Gasteiger partial charge in [0.05, 0.1) is 13.2 Å². The largest absolute Gasteiger partial charge is 0.494 e. The molecule has 2 heterocycles. The Bertz CT molecular complexity index is 1050. The third kappa shape index (κ3) is 4.39. The van der Waals surface area contributed by atoms with Crippen molar-refractivity contribution in [1.29, 1.82) is 0 Å². The number of fused-ring (bicyclic) bond motifs is 1. The van der Waals surface area contributed by atoms with Gasteiger partial charge in [-0.15, -0.1) is 0 Å². The number of carbonyl (C=O) groups excluding carboxylic acids is 1. The van der Waals surface area contributed by atoms with Gasteiger partial charge < -0.3 is 20.1 Å². The van der Waals surface area contributed by atoms with Crippen LogP contribution >= 0.6 is 0 Å². The number of nitrogens with one attached hydrogen (secondary N) is 2. The van der Waals surface area contributed by atoms with E-state index < -0.39 is 0 Å². The van der Waals surface area contributed by atoms with Crippen LogP contribution in [0.25, 0.3) is 10.9 Å². The highest BCUT2D eigenvalue weighted by Crippen LogP contribution is 2.31. The molecule has 0 spiro atoms. The molecule has 4 rings (SSSR count). The number of benzene rings is 2. The van der Waals surface area contributed by atoms with Crippen LogP contribution in [0.3, 0.4) is 0 Å². The van der Waals surface area contributed by atoms with Crippen LogP contribution in [0.5, 0.6) is 5.75 Å². The molecule has 6 nitrogen and oxygen atoms in total. The van der Waals surface area contributed by atoms with E-state index in [9.17, 15) is 4.79 Å². The summed E-state index contributed by atoms with van der Waals surface area (Å²) in [6.07, 6.45) is 4.06. The minimum absolute atomic E-state index is 0.0670. The first kappa shape index (κ1) is 20.2. The van der Waals surface area contributed by atoms with Gasteiger partial charge in [-0.1, -0.05) is 24.3 Å². The molecule has 6 heteroatoms. The monoisotopic (exact) mass is 405 g/mol. The third-order valence-electron chi connectivity index (χ3n) is 5.44. The molecule has 1 saturated heterocycles. The van der Waals surface area contributed by atoms with Crippen LogP contribution in [0.15, 0.2) is 48.7 Å². The van der Waals surface area contributed by atoms with Gasteiger partial charge in [-0.05, 0) is 49.1 Å². The Hall–Kier alpha value is -3.12. The summed E-state index contributed by atoms with van der Waals surface area (Å²) >= 11 is 0. The Morgan fingerprint density at radius 3 is 2.93 bits per heavy atom. The lowest BCUT2D eigenvalue weighted by Crippen LogP contribution is -2.31. The summed E-state index contributed by atoms with van der Waals surface area (Å²) < 4.78 is 11.0. The number of ether oxygens (including phenoxy) is 2. The van der Waals surface area contributed by atoms with Crippen LogP contribution in [-0.4, -0.2) is 37.3 Å². The van der Waals surface area contributed by atoms with Crippen LogP contribution in [0.2, 0.25) is 0 Å². The quantitative estimate of drug-likeness (QED) is 0.620. The molecule has 1 aliphatic rings. The number of aryl methyl sites for hydroxylation is 1. The summed E-state index contributed by atoms with van der Waals surface area (Å²) in [6.45, 7) is 3.98. The van der Waals surface area contributed by atoms with Gasteiger partial charge in [-0.25, -0.2) is 0 Å². The number of nitrogens with zero attached hydrogens (tertiary/aromatic N) is 1. The highest BCUT2D eigenvalue weighted by molar-refractivity contribution is 5.96. The van der Waals surface area contributed by atoms with Gasteiger partial charge in [-0.3, -0.25) is 9.78 Å². The lowest BCUT2D eigenvalue weighted by Gasteiger charge is -2.15. The SMILES string of the molecule is COc1cccc2c(NCc3cccc(C(=O)NCC4CCCO4)c3)c(C)cnc12.